The molecule has 0 aromatic heterocycles. The van der Waals surface area contributed by atoms with Crippen molar-refractivity contribution in [2.45, 2.75) is 154 Å². The molecule has 0 aromatic rings. The monoisotopic (exact) mass is 424 g/mol. The molecule has 1 aliphatic heterocycles. The minimum Gasteiger partial charge on any atom is -0.462 e. The molecular weight excluding hydrogens is 372 g/mol. The first-order valence-electron chi connectivity index (χ1n) is 13.6. The minimum atomic E-state index is 0.00625. The second kappa shape index (κ2) is 21.7. The highest BCUT2D eigenvalue weighted by Gasteiger charge is 2.15. The van der Waals surface area contributed by atoms with Crippen molar-refractivity contribution in [3.8, 4) is 0 Å². The number of hydrogen-bond donors (Lipinski definition) is 0. The Kier molecular flexibility index (Phi) is 19.8. The van der Waals surface area contributed by atoms with Crippen LogP contribution in [0.25, 0.3) is 0 Å². The lowest BCUT2D eigenvalue weighted by Crippen LogP contribution is -2.21. The van der Waals surface area contributed by atoms with Gasteiger partial charge in [-0.25, -0.2) is 0 Å². The molecule has 30 heavy (non-hydrogen) atoms. The van der Waals surface area contributed by atoms with Gasteiger partial charge in [0.15, 0.2) is 0 Å². The summed E-state index contributed by atoms with van der Waals surface area (Å²) >= 11 is 0. The van der Waals surface area contributed by atoms with Gasteiger partial charge < -0.3 is 9.47 Å². The van der Waals surface area contributed by atoms with E-state index in [0.29, 0.717) is 6.42 Å². The third-order valence-corrected chi connectivity index (χ3v) is 6.43. The zero-order valence-corrected chi connectivity index (χ0v) is 20.3. The summed E-state index contributed by atoms with van der Waals surface area (Å²) in [4.78, 5) is 12.1. The van der Waals surface area contributed by atoms with Crippen molar-refractivity contribution in [3.05, 3.63) is 0 Å². The fourth-order valence-corrected chi connectivity index (χ4v) is 4.39. The molecule has 1 heterocycles. The van der Waals surface area contributed by atoms with Gasteiger partial charge in [0.05, 0.1) is 6.61 Å². The molecule has 1 aliphatic rings. The maximum absolute atomic E-state index is 12.1. The normalized spacial score (nSPS) is 18.2. The van der Waals surface area contributed by atoms with Crippen LogP contribution in [0.5, 0.6) is 0 Å². The SMILES string of the molecule is CCCCCCCCCCCCCCCCCC(=O)OC1CCCCCCOCC1. The summed E-state index contributed by atoms with van der Waals surface area (Å²) < 4.78 is 11.3. The second-order valence-electron chi connectivity index (χ2n) is 9.42. The van der Waals surface area contributed by atoms with E-state index in [1.54, 1.807) is 0 Å². The van der Waals surface area contributed by atoms with Crippen molar-refractivity contribution in [2.24, 2.45) is 0 Å². The molecule has 1 saturated heterocycles. The summed E-state index contributed by atoms with van der Waals surface area (Å²) in [6.07, 6.45) is 27.6. The number of unbranched alkanes of at least 4 members (excludes halogenated alkanes) is 14. The highest BCUT2D eigenvalue weighted by Crippen LogP contribution is 2.16. The summed E-state index contributed by atoms with van der Waals surface area (Å²) in [5.41, 5.74) is 0. The van der Waals surface area contributed by atoms with Gasteiger partial charge in [0.1, 0.15) is 6.10 Å². The van der Waals surface area contributed by atoms with Crippen molar-refractivity contribution >= 4 is 5.97 Å². The molecule has 1 atom stereocenters. The first-order chi connectivity index (χ1) is 14.8. The number of carbonyl (C=O) groups excluding carboxylic acids is 1. The molecule has 0 amide bonds. The van der Waals surface area contributed by atoms with Crippen LogP contribution >= 0.6 is 0 Å². The molecule has 0 radical (unpaired) electrons. The van der Waals surface area contributed by atoms with E-state index in [4.69, 9.17) is 9.47 Å². The van der Waals surface area contributed by atoms with Gasteiger partial charge in [0.2, 0.25) is 0 Å². The summed E-state index contributed by atoms with van der Waals surface area (Å²) in [7, 11) is 0. The van der Waals surface area contributed by atoms with Gasteiger partial charge in [-0.1, -0.05) is 110 Å². The van der Waals surface area contributed by atoms with Crippen LogP contribution < -0.4 is 0 Å². The Morgan fingerprint density at radius 2 is 1.20 bits per heavy atom. The lowest BCUT2D eigenvalue weighted by atomic mass is 10.0. The molecule has 0 aromatic carbocycles. The van der Waals surface area contributed by atoms with Crippen molar-refractivity contribution in [2.75, 3.05) is 13.2 Å². The smallest absolute Gasteiger partial charge is 0.306 e. The van der Waals surface area contributed by atoms with Gasteiger partial charge >= 0.3 is 5.97 Å². The van der Waals surface area contributed by atoms with Crippen LogP contribution in [0.15, 0.2) is 0 Å². The summed E-state index contributed by atoms with van der Waals surface area (Å²) in [5.74, 6) is 0.00625. The largest absolute Gasteiger partial charge is 0.462 e. The van der Waals surface area contributed by atoms with Crippen molar-refractivity contribution in [1.29, 1.82) is 0 Å². The van der Waals surface area contributed by atoms with Gasteiger partial charge in [0.25, 0.3) is 0 Å². The van der Waals surface area contributed by atoms with Gasteiger partial charge in [-0.15, -0.1) is 0 Å². The number of rotatable bonds is 17. The molecule has 0 bridgehead atoms. The van der Waals surface area contributed by atoms with Crippen LogP contribution in [0.4, 0.5) is 0 Å². The fourth-order valence-electron chi connectivity index (χ4n) is 4.39. The third-order valence-electron chi connectivity index (χ3n) is 6.43. The molecule has 1 rings (SSSR count). The van der Waals surface area contributed by atoms with E-state index in [0.717, 1.165) is 32.5 Å². The lowest BCUT2D eigenvalue weighted by molar-refractivity contribution is -0.150. The Bertz CT molecular complexity index is 359. The first-order valence-corrected chi connectivity index (χ1v) is 13.6. The molecule has 1 unspecified atom stereocenters. The van der Waals surface area contributed by atoms with Crippen molar-refractivity contribution < 1.29 is 14.3 Å². The molecule has 0 aliphatic carbocycles. The minimum absolute atomic E-state index is 0.00625. The molecule has 1 fully saturated rings. The average Bonchev–Trinajstić information content (AvgIpc) is 2.75. The predicted molar refractivity (Wildman–Crippen MR) is 128 cm³/mol. The zero-order valence-electron chi connectivity index (χ0n) is 20.3. The highest BCUT2D eigenvalue weighted by molar-refractivity contribution is 5.69. The maximum Gasteiger partial charge on any atom is 0.306 e. The van der Waals surface area contributed by atoms with Gasteiger partial charge in [0, 0.05) is 19.4 Å². The van der Waals surface area contributed by atoms with Gasteiger partial charge in [-0.3, -0.25) is 4.79 Å². The van der Waals surface area contributed by atoms with Crippen LogP contribution in [0, 0.1) is 0 Å². The Morgan fingerprint density at radius 3 is 1.80 bits per heavy atom. The molecule has 0 N–H and O–H groups in total. The van der Waals surface area contributed by atoms with E-state index in [1.807, 2.05) is 0 Å². The molecular formula is C27H52O3. The number of hydrogen-bond acceptors (Lipinski definition) is 3. The van der Waals surface area contributed by atoms with Crippen LogP contribution in [0.2, 0.25) is 0 Å². The number of carbonyl (C=O) groups is 1. The molecule has 0 spiro atoms. The fraction of sp³-hybridized carbons (Fsp3) is 0.963. The average molecular weight is 425 g/mol. The van der Waals surface area contributed by atoms with Crippen LogP contribution in [-0.2, 0) is 14.3 Å². The van der Waals surface area contributed by atoms with E-state index in [-0.39, 0.29) is 12.1 Å². The van der Waals surface area contributed by atoms with E-state index in [2.05, 4.69) is 6.92 Å². The lowest BCUT2D eigenvalue weighted by Gasteiger charge is -2.19. The van der Waals surface area contributed by atoms with E-state index in [1.165, 1.54) is 116 Å². The third kappa shape index (κ3) is 18.2. The molecule has 3 nitrogen and oxygen atoms in total. The second-order valence-corrected chi connectivity index (χ2v) is 9.42. The Labute approximate surface area is 188 Å². The summed E-state index contributed by atoms with van der Waals surface area (Å²) in [6, 6.07) is 0. The molecule has 3 heteroatoms. The zero-order chi connectivity index (χ0) is 21.5. The van der Waals surface area contributed by atoms with Crippen molar-refractivity contribution in [3.63, 3.8) is 0 Å². The van der Waals surface area contributed by atoms with Gasteiger partial charge in [-0.2, -0.15) is 0 Å². The van der Waals surface area contributed by atoms with Crippen LogP contribution in [0.3, 0.4) is 0 Å². The Hall–Kier alpha value is -0.570. The van der Waals surface area contributed by atoms with E-state index >= 15 is 0 Å². The van der Waals surface area contributed by atoms with E-state index < -0.39 is 0 Å². The van der Waals surface area contributed by atoms with Crippen LogP contribution in [0.1, 0.15) is 148 Å². The Morgan fingerprint density at radius 1 is 0.667 bits per heavy atom. The predicted octanol–water partition coefficient (Wildman–Crippen LogP) is 8.53. The quantitative estimate of drug-likeness (QED) is 0.173. The van der Waals surface area contributed by atoms with Crippen LogP contribution in [-0.4, -0.2) is 25.3 Å². The maximum atomic E-state index is 12.1. The van der Waals surface area contributed by atoms with Crippen molar-refractivity contribution in [1.82, 2.24) is 0 Å². The van der Waals surface area contributed by atoms with E-state index in [9.17, 15) is 4.79 Å². The Balaban J connectivity index is 1.85. The summed E-state index contributed by atoms with van der Waals surface area (Å²) in [6.45, 7) is 3.88. The molecule has 178 valence electrons. The summed E-state index contributed by atoms with van der Waals surface area (Å²) in [5, 5.41) is 0. The standard InChI is InChI=1S/C27H52O3/c1-2-3-4-5-6-7-8-9-10-11-12-13-14-15-19-22-27(28)30-26-21-18-16-17-20-24-29-25-23-26/h26H,2-25H2,1H3. The number of ether oxygens (including phenoxy) is 2. The highest BCUT2D eigenvalue weighted by atomic mass is 16.5. The number of esters is 1. The topological polar surface area (TPSA) is 35.5 Å². The molecule has 0 saturated carbocycles. The first kappa shape index (κ1) is 27.5. The van der Waals surface area contributed by atoms with Gasteiger partial charge in [-0.05, 0) is 25.7 Å².